The van der Waals surface area contributed by atoms with Crippen molar-refractivity contribution in [3.05, 3.63) is 224 Å². The Bertz CT molecular complexity index is 4180. The van der Waals surface area contributed by atoms with Gasteiger partial charge in [0, 0.05) is 71.3 Å². The number of nitrogens with zero attached hydrogens (tertiary/aromatic N) is 3. The first-order chi connectivity index (χ1) is 31.8. The van der Waals surface area contributed by atoms with E-state index in [9.17, 15) is 0 Å². The van der Waals surface area contributed by atoms with Gasteiger partial charge in [-0.2, -0.15) is 0 Å². The zero-order chi connectivity index (χ0) is 41.9. The van der Waals surface area contributed by atoms with Gasteiger partial charge in [0.05, 0.1) is 33.1 Å². The van der Waals surface area contributed by atoms with Crippen LogP contribution in [-0.2, 0) is 0 Å². The van der Waals surface area contributed by atoms with E-state index in [0.717, 1.165) is 50.1 Å². The molecule has 4 aromatic heterocycles. The van der Waals surface area contributed by atoms with Gasteiger partial charge in [-0.15, -0.1) is 0 Å². The Morgan fingerprint density at radius 3 is 1.58 bits per heavy atom. The fraction of sp³-hybridized carbons (Fsp3) is 0. The zero-order valence-corrected chi connectivity index (χ0v) is 34.6. The largest absolute Gasteiger partial charge is 0.456 e. The predicted molar refractivity (Wildman–Crippen MR) is 268 cm³/mol. The second-order valence-electron chi connectivity index (χ2n) is 16.8. The van der Waals surface area contributed by atoms with E-state index in [1.165, 1.54) is 76.6 Å². The topological polar surface area (TPSA) is 27.9 Å². The first kappa shape index (κ1) is 35.0. The molecule has 0 fully saturated rings. The monoisotopic (exact) mass is 815 g/mol. The molecule has 14 aromatic rings. The minimum atomic E-state index is 0.888. The normalized spacial score (nSPS) is 12.1. The third-order valence-corrected chi connectivity index (χ3v) is 13.4. The maximum atomic E-state index is 6.37. The average molecular weight is 816 g/mol. The Labute approximate surface area is 367 Å². The summed E-state index contributed by atoms with van der Waals surface area (Å²) >= 11 is 0. The molecule has 0 atom stereocenters. The molecular formula is C60H37N3O. The molecule has 4 heteroatoms. The summed E-state index contributed by atoms with van der Waals surface area (Å²) in [5.74, 6) is 0. The molecule has 4 heterocycles. The molecular weight excluding hydrogens is 779 g/mol. The number of aromatic nitrogens is 3. The maximum absolute atomic E-state index is 6.37. The highest BCUT2D eigenvalue weighted by atomic mass is 16.3. The molecule has 14 rings (SSSR count). The van der Waals surface area contributed by atoms with Gasteiger partial charge in [0.2, 0.25) is 0 Å². The number of rotatable bonds is 5. The van der Waals surface area contributed by atoms with Gasteiger partial charge >= 0.3 is 0 Å². The molecule has 10 aromatic carbocycles. The lowest BCUT2D eigenvalue weighted by molar-refractivity contribution is 0.669. The Kier molecular flexibility index (Phi) is 7.36. The van der Waals surface area contributed by atoms with Crippen molar-refractivity contribution in [1.29, 1.82) is 0 Å². The van der Waals surface area contributed by atoms with Crippen molar-refractivity contribution < 1.29 is 4.42 Å². The van der Waals surface area contributed by atoms with Gasteiger partial charge in [0.15, 0.2) is 0 Å². The van der Waals surface area contributed by atoms with Crippen molar-refractivity contribution in [2.24, 2.45) is 0 Å². The van der Waals surface area contributed by atoms with Crippen LogP contribution in [0.5, 0.6) is 0 Å². The highest BCUT2D eigenvalue weighted by Crippen LogP contribution is 2.48. The fourth-order valence-corrected chi connectivity index (χ4v) is 10.8. The second-order valence-corrected chi connectivity index (χ2v) is 16.8. The van der Waals surface area contributed by atoms with Gasteiger partial charge in [0.1, 0.15) is 11.2 Å². The van der Waals surface area contributed by atoms with Gasteiger partial charge in [-0.05, 0) is 96.1 Å². The van der Waals surface area contributed by atoms with Crippen molar-refractivity contribution in [2.45, 2.75) is 0 Å². The summed E-state index contributed by atoms with van der Waals surface area (Å²) in [6, 6.07) is 81.7. The van der Waals surface area contributed by atoms with Gasteiger partial charge in [-0.1, -0.05) is 140 Å². The first-order valence-electron chi connectivity index (χ1n) is 21.9. The minimum absolute atomic E-state index is 0.888. The van der Waals surface area contributed by atoms with Gasteiger partial charge in [0.25, 0.3) is 0 Å². The SMILES string of the molecule is c1ccc(-n2c3ccccc3c3cc(-n4c5ccccc5c5cccc(-c6c(-c7ccc8oc9ccccc9c8c7)ccc7c6c6ccccc6n7-c6ccccc6)c54)ccc32)cc1. The molecule has 0 saturated heterocycles. The van der Waals surface area contributed by atoms with Crippen LogP contribution in [-0.4, -0.2) is 13.7 Å². The van der Waals surface area contributed by atoms with Crippen molar-refractivity contribution in [3.8, 4) is 39.3 Å². The number of furan rings is 1. The standard InChI is InChI=1S/C60H37N3O/c1-3-16-39(17-4-1)61-51-26-11-8-21-44(51)49-37-41(31-33-54(49)61)63-52-27-12-7-20-43(52)46-24-15-25-48(60(46)63)58-42(38-30-35-57-50(36-38)45-22-10-14-29-56(45)64-57)32-34-55-59(58)47-23-9-13-28-53(47)62(55)40-18-5-2-6-19-40/h1-37H. The lowest BCUT2D eigenvalue weighted by Gasteiger charge is -2.17. The molecule has 0 saturated carbocycles. The Morgan fingerprint density at radius 1 is 0.281 bits per heavy atom. The van der Waals surface area contributed by atoms with E-state index in [2.05, 4.69) is 232 Å². The maximum Gasteiger partial charge on any atom is 0.135 e. The van der Waals surface area contributed by atoms with Crippen LogP contribution >= 0.6 is 0 Å². The van der Waals surface area contributed by atoms with Gasteiger partial charge < -0.3 is 18.1 Å². The van der Waals surface area contributed by atoms with Crippen molar-refractivity contribution >= 4 is 87.4 Å². The highest BCUT2D eigenvalue weighted by Gasteiger charge is 2.25. The van der Waals surface area contributed by atoms with Crippen molar-refractivity contribution in [1.82, 2.24) is 13.7 Å². The van der Waals surface area contributed by atoms with Crippen LogP contribution in [0.25, 0.3) is 127 Å². The molecule has 0 aliphatic carbocycles. The number of para-hydroxylation sites is 7. The number of hydrogen-bond donors (Lipinski definition) is 0. The molecule has 4 nitrogen and oxygen atoms in total. The lowest BCUT2D eigenvalue weighted by atomic mass is 9.89. The number of fused-ring (bicyclic) bond motifs is 12. The van der Waals surface area contributed by atoms with Gasteiger partial charge in [-0.25, -0.2) is 0 Å². The number of hydrogen-bond acceptors (Lipinski definition) is 1. The minimum Gasteiger partial charge on any atom is -0.456 e. The Morgan fingerprint density at radius 2 is 0.828 bits per heavy atom. The molecule has 0 radical (unpaired) electrons. The highest BCUT2D eigenvalue weighted by molar-refractivity contribution is 6.24. The van der Waals surface area contributed by atoms with Crippen LogP contribution in [0, 0.1) is 0 Å². The lowest BCUT2D eigenvalue weighted by Crippen LogP contribution is -1.98. The van der Waals surface area contributed by atoms with Crippen LogP contribution in [0.1, 0.15) is 0 Å². The predicted octanol–water partition coefficient (Wildman–Crippen LogP) is 16.2. The molecule has 0 amide bonds. The zero-order valence-electron chi connectivity index (χ0n) is 34.6. The smallest absolute Gasteiger partial charge is 0.135 e. The fourth-order valence-electron chi connectivity index (χ4n) is 10.8. The Hall–Kier alpha value is -8.60. The number of benzene rings is 10. The Balaban J connectivity index is 1.13. The summed E-state index contributed by atoms with van der Waals surface area (Å²) in [6.07, 6.45) is 0. The third kappa shape index (κ3) is 4.93. The van der Waals surface area contributed by atoms with Crippen LogP contribution in [0.2, 0.25) is 0 Å². The summed E-state index contributed by atoms with van der Waals surface area (Å²) in [5.41, 5.74) is 16.9. The van der Waals surface area contributed by atoms with Crippen LogP contribution in [0.4, 0.5) is 0 Å². The van der Waals surface area contributed by atoms with Crippen molar-refractivity contribution in [2.75, 3.05) is 0 Å². The van der Waals surface area contributed by atoms with Crippen LogP contribution < -0.4 is 0 Å². The second kappa shape index (κ2) is 13.4. The van der Waals surface area contributed by atoms with Crippen LogP contribution in [0.3, 0.4) is 0 Å². The summed E-state index contributed by atoms with van der Waals surface area (Å²) < 4.78 is 13.7. The van der Waals surface area contributed by atoms with Crippen molar-refractivity contribution in [3.63, 3.8) is 0 Å². The average Bonchev–Trinajstić information content (AvgIpc) is 4.10. The van der Waals surface area contributed by atoms with E-state index in [1.807, 2.05) is 6.07 Å². The summed E-state index contributed by atoms with van der Waals surface area (Å²) in [7, 11) is 0. The summed E-state index contributed by atoms with van der Waals surface area (Å²) in [5, 5.41) is 9.54. The molecule has 0 aliphatic heterocycles. The van der Waals surface area contributed by atoms with E-state index >= 15 is 0 Å². The summed E-state index contributed by atoms with van der Waals surface area (Å²) in [4.78, 5) is 0. The van der Waals surface area contributed by atoms with E-state index in [1.54, 1.807) is 0 Å². The van der Waals surface area contributed by atoms with E-state index in [-0.39, 0.29) is 0 Å². The van der Waals surface area contributed by atoms with E-state index < -0.39 is 0 Å². The van der Waals surface area contributed by atoms with E-state index in [4.69, 9.17) is 4.42 Å². The van der Waals surface area contributed by atoms with E-state index in [0.29, 0.717) is 0 Å². The molecule has 0 bridgehead atoms. The molecule has 0 N–H and O–H groups in total. The summed E-state index contributed by atoms with van der Waals surface area (Å²) in [6.45, 7) is 0. The third-order valence-electron chi connectivity index (χ3n) is 13.4. The molecule has 0 aliphatic rings. The van der Waals surface area contributed by atoms with Crippen LogP contribution in [0.15, 0.2) is 229 Å². The first-order valence-corrected chi connectivity index (χ1v) is 21.9. The quantitative estimate of drug-likeness (QED) is 0.170. The molecule has 298 valence electrons. The van der Waals surface area contributed by atoms with Gasteiger partial charge in [-0.3, -0.25) is 0 Å². The molecule has 0 spiro atoms. The molecule has 0 unspecified atom stereocenters. The molecule has 64 heavy (non-hydrogen) atoms.